The van der Waals surface area contributed by atoms with Gasteiger partial charge >= 0.3 is 0 Å². The van der Waals surface area contributed by atoms with Crippen LogP contribution in [0, 0.1) is 0 Å². The van der Waals surface area contributed by atoms with Gasteiger partial charge in [0.05, 0.1) is 12.6 Å². The minimum absolute atomic E-state index is 0.0316. The van der Waals surface area contributed by atoms with Gasteiger partial charge in [-0.15, -0.1) is 0 Å². The van der Waals surface area contributed by atoms with Crippen molar-refractivity contribution in [3.8, 4) is 5.75 Å². The molecule has 0 aliphatic rings. The molecule has 1 aromatic heterocycles. The first-order valence-corrected chi connectivity index (χ1v) is 7.04. The molecule has 0 saturated heterocycles. The summed E-state index contributed by atoms with van der Waals surface area (Å²) in [7, 11) is 1.61. The van der Waals surface area contributed by atoms with Crippen LogP contribution < -0.4 is 10.1 Å². The summed E-state index contributed by atoms with van der Waals surface area (Å²) in [5.41, 5.74) is 1.13. The zero-order chi connectivity index (χ0) is 15.2. The van der Waals surface area contributed by atoms with E-state index in [-0.39, 0.29) is 18.6 Å². The summed E-state index contributed by atoms with van der Waals surface area (Å²) in [6.45, 7) is 2.03. The number of methoxy groups -OCH3 is 1. The summed E-state index contributed by atoms with van der Waals surface area (Å²) >= 11 is 0. The van der Waals surface area contributed by atoms with E-state index in [9.17, 15) is 4.79 Å². The van der Waals surface area contributed by atoms with Crippen LogP contribution in [-0.4, -0.2) is 35.8 Å². The van der Waals surface area contributed by atoms with Crippen molar-refractivity contribution in [1.29, 1.82) is 0 Å². The average molecular weight is 288 g/mol. The lowest BCUT2D eigenvalue weighted by Crippen LogP contribution is -2.35. The van der Waals surface area contributed by atoms with Crippen LogP contribution in [0.1, 0.15) is 30.3 Å². The van der Waals surface area contributed by atoms with Gasteiger partial charge in [0.15, 0.2) is 0 Å². The van der Waals surface area contributed by atoms with Crippen molar-refractivity contribution in [2.75, 3.05) is 13.7 Å². The molecule has 0 radical (unpaired) electrons. The lowest BCUT2D eigenvalue weighted by molar-refractivity contribution is 0.0924. The standard InChI is InChI=1S/C16H20N2O3/c1-3-12(8-9-19)17-16(20)15-6-4-11-10-13(21-2)5-7-14(11)18-15/h4-7,10,12,19H,3,8-9H2,1-2H3,(H,17,20). The van der Waals surface area contributed by atoms with Crippen molar-refractivity contribution < 1.29 is 14.6 Å². The number of carbonyl (C=O) groups is 1. The molecule has 21 heavy (non-hydrogen) atoms. The second-order valence-corrected chi connectivity index (χ2v) is 4.85. The fourth-order valence-corrected chi connectivity index (χ4v) is 2.15. The zero-order valence-electron chi connectivity index (χ0n) is 12.3. The van der Waals surface area contributed by atoms with Crippen LogP contribution in [0.4, 0.5) is 0 Å². The van der Waals surface area contributed by atoms with E-state index >= 15 is 0 Å². The Labute approximate surface area is 124 Å². The van der Waals surface area contributed by atoms with Crippen LogP contribution in [0.25, 0.3) is 10.9 Å². The molecule has 1 amide bonds. The normalized spacial score (nSPS) is 12.1. The smallest absolute Gasteiger partial charge is 0.270 e. The van der Waals surface area contributed by atoms with Gasteiger partial charge in [-0.05, 0) is 37.1 Å². The minimum Gasteiger partial charge on any atom is -0.497 e. The van der Waals surface area contributed by atoms with Crippen LogP contribution in [0.15, 0.2) is 30.3 Å². The molecule has 0 aliphatic carbocycles. The number of amides is 1. The highest BCUT2D eigenvalue weighted by Gasteiger charge is 2.13. The molecule has 1 atom stereocenters. The van der Waals surface area contributed by atoms with Crippen LogP contribution in [0.2, 0.25) is 0 Å². The molecule has 1 heterocycles. The third kappa shape index (κ3) is 3.70. The molecule has 2 N–H and O–H groups in total. The average Bonchev–Trinajstić information content (AvgIpc) is 2.53. The maximum absolute atomic E-state index is 12.2. The summed E-state index contributed by atoms with van der Waals surface area (Å²) in [5, 5.41) is 12.8. The highest BCUT2D eigenvalue weighted by atomic mass is 16.5. The Balaban J connectivity index is 2.20. The van der Waals surface area contributed by atoms with Crippen molar-refractivity contribution in [1.82, 2.24) is 10.3 Å². The Morgan fingerprint density at radius 1 is 1.38 bits per heavy atom. The molecule has 0 aliphatic heterocycles. The number of hydrogen-bond acceptors (Lipinski definition) is 4. The number of benzene rings is 1. The maximum atomic E-state index is 12.2. The van der Waals surface area contributed by atoms with Gasteiger partial charge in [-0.2, -0.15) is 0 Å². The van der Waals surface area contributed by atoms with Gasteiger partial charge in [0.2, 0.25) is 0 Å². The molecule has 1 aromatic carbocycles. The number of rotatable bonds is 6. The predicted molar refractivity (Wildman–Crippen MR) is 81.5 cm³/mol. The van der Waals surface area contributed by atoms with E-state index in [1.54, 1.807) is 13.2 Å². The summed E-state index contributed by atoms with van der Waals surface area (Å²) in [4.78, 5) is 16.5. The maximum Gasteiger partial charge on any atom is 0.270 e. The number of carbonyl (C=O) groups excluding carboxylic acids is 1. The van der Waals surface area contributed by atoms with Gasteiger partial charge < -0.3 is 15.2 Å². The molecule has 2 rings (SSSR count). The van der Waals surface area contributed by atoms with E-state index in [1.165, 1.54) is 0 Å². The number of aliphatic hydroxyl groups is 1. The summed E-state index contributed by atoms with van der Waals surface area (Å²) in [6, 6.07) is 9.05. The van der Waals surface area contributed by atoms with Gasteiger partial charge in [0, 0.05) is 18.0 Å². The van der Waals surface area contributed by atoms with Crippen molar-refractivity contribution in [3.63, 3.8) is 0 Å². The van der Waals surface area contributed by atoms with E-state index in [0.29, 0.717) is 12.1 Å². The second kappa shape index (κ2) is 7.04. The lowest BCUT2D eigenvalue weighted by atomic mass is 10.1. The van der Waals surface area contributed by atoms with E-state index in [2.05, 4.69) is 10.3 Å². The largest absolute Gasteiger partial charge is 0.497 e. The number of pyridine rings is 1. The molecule has 5 heteroatoms. The van der Waals surface area contributed by atoms with Crippen molar-refractivity contribution >= 4 is 16.8 Å². The summed E-state index contributed by atoms with van der Waals surface area (Å²) < 4.78 is 5.16. The number of hydrogen-bond donors (Lipinski definition) is 2. The zero-order valence-corrected chi connectivity index (χ0v) is 12.3. The van der Waals surface area contributed by atoms with Crippen LogP contribution in [-0.2, 0) is 0 Å². The Kier molecular flexibility index (Phi) is 5.11. The van der Waals surface area contributed by atoms with Crippen molar-refractivity contribution in [2.24, 2.45) is 0 Å². The van der Waals surface area contributed by atoms with Gasteiger partial charge in [0.1, 0.15) is 11.4 Å². The first-order valence-electron chi connectivity index (χ1n) is 7.04. The third-order valence-corrected chi connectivity index (χ3v) is 3.43. The Morgan fingerprint density at radius 3 is 2.86 bits per heavy atom. The number of nitrogens with zero attached hydrogens (tertiary/aromatic N) is 1. The van der Waals surface area contributed by atoms with E-state index in [0.717, 1.165) is 23.1 Å². The van der Waals surface area contributed by atoms with Crippen LogP contribution >= 0.6 is 0 Å². The van der Waals surface area contributed by atoms with Crippen LogP contribution in [0.5, 0.6) is 5.75 Å². The summed E-state index contributed by atoms with van der Waals surface area (Å²) in [5.74, 6) is 0.545. The molecule has 1 unspecified atom stereocenters. The molecule has 0 fully saturated rings. The number of aromatic nitrogens is 1. The molecule has 5 nitrogen and oxygen atoms in total. The van der Waals surface area contributed by atoms with Crippen molar-refractivity contribution in [2.45, 2.75) is 25.8 Å². The molecule has 0 bridgehead atoms. The Morgan fingerprint density at radius 2 is 2.19 bits per heavy atom. The second-order valence-electron chi connectivity index (χ2n) is 4.85. The predicted octanol–water partition coefficient (Wildman–Crippen LogP) is 2.13. The van der Waals surface area contributed by atoms with E-state index in [4.69, 9.17) is 9.84 Å². The van der Waals surface area contributed by atoms with Crippen LogP contribution in [0.3, 0.4) is 0 Å². The van der Waals surface area contributed by atoms with Crippen molar-refractivity contribution in [3.05, 3.63) is 36.0 Å². The molecular formula is C16H20N2O3. The minimum atomic E-state index is -0.215. The molecule has 0 spiro atoms. The van der Waals surface area contributed by atoms with Gasteiger partial charge in [-0.1, -0.05) is 13.0 Å². The van der Waals surface area contributed by atoms with Gasteiger partial charge in [-0.3, -0.25) is 4.79 Å². The quantitative estimate of drug-likeness (QED) is 0.854. The molecular weight excluding hydrogens is 268 g/mol. The number of fused-ring (bicyclic) bond motifs is 1. The summed E-state index contributed by atoms with van der Waals surface area (Å²) in [6.07, 6.45) is 1.32. The fourth-order valence-electron chi connectivity index (χ4n) is 2.15. The molecule has 0 saturated carbocycles. The Bertz CT molecular complexity index is 628. The van der Waals surface area contributed by atoms with E-state index < -0.39 is 0 Å². The molecule has 2 aromatic rings. The topological polar surface area (TPSA) is 71.5 Å². The lowest BCUT2D eigenvalue weighted by Gasteiger charge is -2.15. The first-order chi connectivity index (χ1) is 10.2. The first kappa shape index (κ1) is 15.3. The number of ether oxygens (including phenoxy) is 1. The number of nitrogens with one attached hydrogen (secondary N) is 1. The highest BCUT2D eigenvalue weighted by Crippen LogP contribution is 2.19. The van der Waals surface area contributed by atoms with E-state index in [1.807, 2.05) is 31.2 Å². The third-order valence-electron chi connectivity index (χ3n) is 3.43. The van der Waals surface area contributed by atoms with Gasteiger partial charge in [-0.25, -0.2) is 4.98 Å². The highest BCUT2D eigenvalue weighted by molar-refractivity contribution is 5.95. The number of aliphatic hydroxyl groups excluding tert-OH is 1. The monoisotopic (exact) mass is 288 g/mol. The SMILES string of the molecule is CCC(CCO)NC(=O)c1ccc2cc(OC)ccc2n1. The fraction of sp³-hybridized carbons (Fsp3) is 0.375. The Hall–Kier alpha value is -2.14. The molecule has 112 valence electrons. The van der Waals surface area contributed by atoms with Gasteiger partial charge in [0.25, 0.3) is 5.91 Å².